The zero-order valence-corrected chi connectivity index (χ0v) is 18.6. The Morgan fingerprint density at radius 3 is 2.15 bits per heavy atom. The number of ether oxygens (including phenoxy) is 3. The van der Waals surface area contributed by atoms with Crippen molar-refractivity contribution in [2.45, 2.75) is 32.1 Å². The molecule has 0 fully saturated rings. The maximum atomic E-state index is 14.1. The van der Waals surface area contributed by atoms with Crippen molar-refractivity contribution in [3.63, 3.8) is 0 Å². The molecule has 0 bridgehead atoms. The molecule has 7 nitrogen and oxygen atoms in total. The van der Waals surface area contributed by atoms with Crippen LogP contribution in [0.5, 0.6) is 11.5 Å². The van der Waals surface area contributed by atoms with Gasteiger partial charge >= 0.3 is 12.1 Å². The van der Waals surface area contributed by atoms with Gasteiger partial charge in [-0.1, -0.05) is 24.3 Å². The van der Waals surface area contributed by atoms with Crippen LogP contribution in [0.4, 0.5) is 13.2 Å². The van der Waals surface area contributed by atoms with Gasteiger partial charge in [-0.05, 0) is 50.1 Å². The standard InChI is InChI=1S/C23H27F3N2O5/c1-4-32-18-12-11-16(15-19(18)33-5-2)13-14-27-22(21(30)31-3,23(24,25)26)28-20(29)17-9-7-6-8-10-17/h6-12,15,27H,4-5,13-14H2,1-3H3,(H,28,29)/t22-/m0/s1. The molecule has 0 aliphatic carbocycles. The van der Waals surface area contributed by atoms with Crippen molar-refractivity contribution in [2.24, 2.45) is 0 Å². The van der Waals surface area contributed by atoms with E-state index in [9.17, 15) is 22.8 Å². The number of hydrogen-bond donors (Lipinski definition) is 2. The first-order chi connectivity index (χ1) is 15.7. The van der Waals surface area contributed by atoms with Crippen molar-refractivity contribution in [3.05, 3.63) is 59.7 Å². The monoisotopic (exact) mass is 468 g/mol. The van der Waals surface area contributed by atoms with Crippen LogP contribution in [0.2, 0.25) is 0 Å². The first-order valence-electron chi connectivity index (χ1n) is 10.3. The fourth-order valence-corrected chi connectivity index (χ4v) is 3.08. The fourth-order valence-electron chi connectivity index (χ4n) is 3.08. The molecule has 2 rings (SSSR count). The third kappa shape index (κ3) is 6.38. The van der Waals surface area contributed by atoms with E-state index in [4.69, 9.17) is 9.47 Å². The third-order valence-electron chi connectivity index (χ3n) is 4.67. The van der Waals surface area contributed by atoms with Crippen molar-refractivity contribution >= 4 is 11.9 Å². The average molecular weight is 468 g/mol. The molecule has 180 valence electrons. The van der Waals surface area contributed by atoms with E-state index in [1.807, 2.05) is 6.92 Å². The summed E-state index contributed by atoms with van der Waals surface area (Å²) in [7, 11) is 0.819. The Morgan fingerprint density at radius 1 is 0.939 bits per heavy atom. The summed E-state index contributed by atoms with van der Waals surface area (Å²) in [5, 5.41) is 3.95. The quantitative estimate of drug-likeness (QED) is 0.388. The summed E-state index contributed by atoms with van der Waals surface area (Å²) in [6.07, 6.45) is -5.08. The van der Waals surface area contributed by atoms with Crippen LogP contribution in [0.15, 0.2) is 48.5 Å². The molecule has 0 aromatic heterocycles. The third-order valence-corrected chi connectivity index (χ3v) is 4.67. The Labute approximate surface area is 190 Å². The number of methoxy groups -OCH3 is 1. The van der Waals surface area contributed by atoms with E-state index in [0.29, 0.717) is 30.3 Å². The van der Waals surface area contributed by atoms with Crippen molar-refractivity contribution in [1.29, 1.82) is 0 Å². The van der Waals surface area contributed by atoms with E-state index < -0.39 is 23.7 Å². The van der Waals surface area contributed by atoms with E-state index >= 15 is 0 Å². The maximum Gasteiger partial charge on any atom is 0.436 e. The van der Waals surface area contributed by atoms with Crippen LogP contribution in [0.3, 0.4) is 0 Å². The molecular formula is C23H27F3N2O5. The summed E-state index contributed by atoms with van der Waals surface area (Å²) in [6.45, 7) is 4.12. The van der Waals surface area contributed by atoms with Gasteiger partial charge in [-0.3, -0.25) is 10.1 Å². The molecule has 2 aromatic carbocycles. The molecule has 0 spiro atoms. The molecule has 10 heteroatoms. The maximum absolute atomic E-state index is 14.1. The first kappa shape index (κ1) is 26.0. The predicted molar refractivity (Wildman–Crippen MR) is 115 cm³/mol. The van der Waals surface area contributed by atoms with Gasteiger partial charge in [-0.25, -0.2) is 4.79 Å². The summed E-state index contributed by atoms with van der Waals surface area (Å²) >= 11 is 0. The van der Waals surface area contributed by atoms with Crippen LogP contribution in [0.25, 0.3) is 0 Å². The lowest BCUT2D eigenvalue weighted by atomic mass is 10.1. The number of carbonyl (C=O) groups is 2. The average Bonchev–Trinajstić information content (AvgIpc) is 2.79. The van der Waals surface area contributed by atoms with Gasteiger partial charge < -0.3 is 19.5 Å². The zero-order chi connectivity index (χ0) is 24.5. The van der Waals surface area contributed by atoms with Gasteiger partial charge in [0, 0.05) is 12.1 Å². The number of benzene rings is 2. The van der Waals surface area contributed by atoms with Crippen molar-refractivity contribution < 1.29 is 37.0 Å². The second-order valence-corrected chi connectivity index (χ2v) is 6.88. The summed E-state index contributed by atoms with van der Waals surface area (Å²) in [4.78, 5) is 24.8. The molecule has 1 atom stereocenters. The minimum atomic E-state index is -5.18. The lowest BCUT2D eigenvalue weighted by molar-refractivity contribution is -0.217. The fraction of sp³-hybridized carbons (Fsp3) is 0.391. The molecule has 0 aliphatic heterocycles. The highest BCUT2D eigenvalue weighted by molar-refractivity contribution is 5.98. The second-order valence-electron chi connectivity index (χ2n) is 6.88. The van der Waals surface area contributed by atoms with Crippen LogP contribution >= 0.6 is 0 Å². The molecule has 0 saturated carbocycles. The van der Waals surface area contributed by atoms with E-state index in [0.717, 1.165) is 7.11 Å². The van der Waals surface area contributed by atoms with Crippen LogP contribution in [0, 0.1) is 0 Å². The number of halogens is 3. The molecule has 2 aromatic rings. The number of nitrogens with one attached hydrogen (secondary N) is 2. The Morgan fingerprint density at radius 2 is 1.58 bits per heavy atom. The van der Waals surface area contributed by atoms with Gasteiger partial charge in [-0.15, -0.1) is 0 Å². The molecule has 0 aliphatic rings. The summed E-state index contributed by atoms with van der Waals surface area (Å²) in [5.41, 5.74) is -2.82. The zero-order valence-electron chi connectivity index (χ0n) is 18.6. The molecule has 1 amide bonds. The second kappa shape index (κ2) is 11.6. The van der Waals surface area contributed by atoms with E-state index in [1.54, 1.807) is 36.5 Å². The highest BCUT2D eigenvalue weighted by Gasteiger charge is 2.62. The van der Waals surface area contributed by atoms with Gasteiger partial charge in [0.1, 0.15) is 0 Å². The van der Waals surface area contributed by atoms with Gasteiger partial charge in [0.15, 0.2) is 11.5 Å². The number of amides is 1. The van der Waals surface area contributed by atoms with Gasteiger partial charge in [0.05, 0.1) is 20.3 Å². The molecule has 0 saturated heterocycles. The number of rotatable bonds is 11. The Kier molecular flexibility index (Phi) is 9.10. The molecule has 0 unspecified atom stereocenters. The summed E-state index contributed by atoms with van der Waals surface area (Å²) < 4.78 is 57.7. The van der Waals surface area contributed by atoms with Gasteiger partial charge in [0.2, 0.25) is 0 Å². The van der Waals surface area contributed by atoms with E-state index in [-0.39, 0.29) is 18.5 Å². The van der Waals surface area contributed by atoms with Gasteiger partial charge in [-0.2, -0.15) is 13.2 Å². The van der Waals surface area contributed by atoms with Crippen LogP contribution in [0.1, 0.15) is 29.8 Å². The SMILES string of the molecule is CCOc1ccc(CCN[C@](NC(=O)c2ccccc2)(C(=O)OC)C(F)(F)F)cc1OCC. The van der Waals surface area contributed by atoms with E-state index in [1.165, 1.54) is 24.3 Å². The predicted octanol–water partition coefficient (Wildman–Crippen LogP) is 3.48. The smallest absolute Gasteiger partial charge is 0.436 e. The number of hydrogen-bond acceptors (Lipinski definition) is 6. The number of carbonyl (C=O) groups excluding carboxylic acids is 2. The number of esters is 1. The Hall–Kier alpha value is -3.27. The molecular weight excluding hydrogens is 441 g/mol. The first-order valence-corrected chi connectivity index (χ1v) is 10.3. The Bertz CT molecular complexity index is 937. The topological polar surface area (TPSA) is 85.9 Å². The molecule has 0 heterocycles. The lowest BCUT2D eigenvalue weighted by Crippen LogP contribution is -2.72. The summed E-state index contributed by atoms with van der Waals surface area (Å²) in [5.74, 6) is -1.78. The normalized spacial score (nSPS) is 13.0. The summed E-state index contributed by atoms with van der Waals surface area (Å²) in [6, 6.07) is 12.3. The highest BCUT2D eigenvalue weighted by atomic mass is 19.4. The lowest BCUT2D eigenvalue weighted by Gasteiger charge is -2.34. The van der Waals surface area contributed by atoms with Crippen LogP contribution < -0.4 is 20.1 Å². The van der Waals surface area contributed by atoms with Crippen LogP contribution in [-0.4, -0.2) is 50.6 Å². The minimum absolute atomic E-state index is 0.0373. The Balaban J connectivity index is 2.26. The highest BCUT2D eigenvalue weighted by Crippen LogP contribution is 2.31. The van der Waals surface area contributed by atoms with Crippen molar-refractivity contribution in [1.82, 2.24) is 10.6 Å². The van der Waals surface area contributed by atoms with Crippen LogP contribution in [-0.2, 0) is 16.0 Å². The van der Waals surface area contributed by atoms with Crippen molar-refractivity contribution in [2.75, 3.05) is 26.9 Å². The number of alkyl halides is 3. The van der Waals surface area contributed by atoms with Gasteiger partial charge in [0.25, 0.3) is 11.6 Å². The molecule has 2 N–H and O–H groups in total. The molecule has 0 radical (unpaired) electrons. The van der Waals surface area contributed by atoms with Crippen molar-refractivity contribution in [3.8, 4) is 11.5 Å². The largest absolute Gasteiger partial charge is 0.490 e. The van der Waals surface area contributed by atoms with E-state index in [2.05, 4.69) is 10.1 Å². The molecule has 33 heavy (non-hydrogen) atoms. The minimum Gasteiger partial charge on any atom is -0.490 e.